The molecule has 4 heteroatoms. The molecule has 0 aliphatic heterocycles. The molecular formula is C19H16N2O2. The van der Waals surface area contributed by atoms with Gasteiger partial charge in [-0.2, -0.15) is 5.10 Å². The van der Waals surface area contributed by atoms with E-state index in [1.165, 1.54) is 7.11 Å². The van der Waals surface area contributed by atoms with Crippen molar-refractivity contribution in [2.45, 2.75) is 0 Å². The largest absolute Gasteiger partial charge is 0.496 e. The van der Waals surface area contributed by atoms with E-state index in [9.17, 15) is 4.79 Å². The normalized spacial score (nSPS) is 10.8. The van der Waals surface area contributed by atoms with Gasteiger partial charge in [-0.3, -0.25) is 4.79 Å². The Kier molecular flexibility index (Phi) is 4.34. The first-order chi connectivity index (χ1) is 11.3. The summed E-state index contributed by atoms with van der Waals surface area (Å²) in [5.74, 6) is 0.212. The second-order valence-electron chi connectivity index (χ2n) is 4.97. The molecule has 3 aromatic rings. The third-order valence-electron chi connectivity index (χ3n) is 3.54. The molecule has 0 heterocycles. The predicted molar refractivity (Wildman–Crippen MR) is 92.0 cm³/mol. The second-order valence-corrected chi connectivity index (χ2v) is 4.97. The lowest BCUT2D eigenvalue weighted by Crippen LogP contribution is -2.18. The van der Waals surface area contributed by atoms with Gasteiger partial charge in [0.15, 0.2) is 0 Å². The zero-order chi connectivity index (χ0) is 16.1. The number of benzene rings is 3. The molecule has 23 heavy (non-hydrogen) atoms. The van der Waals surface area contributed by atoms with Crippen molar-refractivity contribution in [1.82, 2.24) is 5.43 Å². The summed E-state index contributed by atoms with van der Waals surface area (Å²) in [5, 5.41) is 6.28. The van der Waals surface area contributed by atoms with Crippen molar-refractivity contribution >= 4 is 22.9 Å². The van der Waals surface area contributed by atoms with E-state index in [0.717, 1.165) is 16.3 Å². The van der Waals surface area contributed by atoms with E-state index in [1.54, 1.807) is 24.4 Å². The van der Waals surface area contributed by atoms with E-state index in [0.29, 0.717) is 11.3 Å². The molecule has 0 unspecified atom stereocenters. The summed E-state index contributed by atoms with van der Waals surface area (Å²) >= 11 is 0. The van der Waals surface area contributed by atoms with Gasteiger partial charge in [-0.15, -0.1) is 0 Å². The lowest BCUT2D eigenvalue weighted by molar-refractivity contribution is 0.0952. The molecule has 0 fully saturated rings. The van der Waals surface area contributed by atoms with Crippen LogP contribution in [-0.2, 0) is 0 Å². The molecule has 3 aromatic carbocycles. The van der Waals surface area contributed by atoms with Crippen LogP contribution >= 0.6 is 0 Å². The molecule has 0 saturated carbocycles. The van der Waals surface area contributed by atoms with Gasteiger partial charge in [0.1, 0.15) is 5.75 Å². The lowest BCUT2D eigenvalue weighted by atomic mass is 10.1. The molecule has 0 radical (unpaired) electrons. The van der Waals surface area contributed by atoms with Gasteiger partial charge in [0.2, 0.25) is 0 Å². The Labute approximate surface area is 134 Å². The number of carbonyl (C=O) groups excluding carboxylic acids is 1. The Morgan fingerprint density at radius 1 is 1.00 bits per heavy atom. The first-order valence-electron chi connectivity index (χ1n) is 7.24. The molecule has 0 aliphatic carbocycles. The molecule has 0 saturated heterocycles. The van der Waals surface area contributed by atoms with Gasteiger partial charge in [-0.05, 0) is 22.9 Å². The Morgan fingerprint density at radius 2 is 1.74 bits per heavy atom. The molecule has 0 aromatic heterocycles. The number of ether oxygens (including phenoxy) is 1. The van der Waals surface area contributed by atoms with E-state index in [4.69, 9.17) is 4.74 Å². The number of rotatable bonds is 4. The monoisotopic (exact) mass is 304 g/mol. The summed E-state index contributed by atoms with van der Waals surface area (Å²) in [6, 6.07) is 21.0. The van der Waals surface area contributed by atoms with E-state index < -0.39 is 0 Å². The van der Waals surface area contributed by atoms with Crippen molar-refractivity contribution in [2.75, 3.05) is 7.11 Å². The molecule has 0 spiro atoms. The molecule has 0 bridgehead atoms. The number of hydrogen-bond donors (Lipinski definition) is 1. The van der Waals surface area contributed by atoms with Gasteiger partial charge < -0.3 is 4.74 Å². The van der Waals surface area contributed by atoms with Crippen LogP contribution in [0.2, 0.25) is 0 Å². The number of hydrazone groups is 1. The topological polar surface area (TPSA) is 50.7 Å². The minimum atomic E-state index is -0.307. The number of para-hydroxylation sites is 1. The highest BCUT2D eigenvalue weighted by Crippen LogP contribution is 2.18. The van der Waals surface area contributed by atoms with Crippen LogP contribution in [0.4, 0.5) is 0 Å². The van der Waals surface area contributed by atoms with Crippen molar-refractivity contribution in [2.24, 2.45) is 5.10 Å². The van der Waals surface area contributed by atoms with Gasteiger partial charge in [-0.25, -0.2) is 5.43 Å². The van der Waals surface area contributed by atoms with E-state index in [-0.39, 0.29) is 5.91 Å². The minimum Gasteiger partial charge on any atom is -0.496 e. The highest BCUT2D eigenvalue weighted by molar-refractivity contribution is 6.01. The average molecular weight is 304 g/mol. The van der Waals surface area contributed by atoms with Crippen LogP contribution in [-0.4, -0.2) is 19.2 Å². The van der Waals surface area contributed by atoms with E-state index in [1.807, 2.05) is 48.5 Å². The highest BCUT2D eigenvalue weighted by atomic mass is 16.5. The molecule has 114 valence electrons. The number of nitrogens with one attached hydrogen (secondary N) is 1. The maximum absolute atomic E-state index is 12.2. The van der Waals surface area contributed by atoms with E-state index >= 15 is 0 Å². The number of amides is 1. The minimum absolute atomic E-state index is 0.307. The smallest absolute Gasteiger partial charge is 0.275 e. The van der Waals surface area contributed by atoms with Crippen LogP contribution < -0.4 is 10.2 Å². The first kappa shape index (κ1) is 14.8. The summed E-state index contributed by atoms with van der Waals surface area (Å²) < 4.78 is 5.18. The number of carbonyl (C=O) groups is 1. The third kappa shape index (κ3) is 3.21. The molecule has 3 rings (SSSR count). The lowest BCUT2D eigenvalue weighted by Gasteiger charge is -2.06. The summed E-state index contributed by atoms with van der Waals surface area (Å²) in [4.78, 5) is 12.2. The number of methoxy groups -OCH3 is 1. The maximum Gasteiger partial charge on any atom is 0.275 e. The molecular weight excluding hydrogens is 288 g/mol. The van der Waals surface area contributed by atoms with Crippen molar-refractivity contribution in [1.29, 1.82) is 0 Å². The predicted octanol–water partition coefficient (Wildman–Crippen LogP) is 3.61. The molecule has 1 amide bonds. The Bertz CT molecular complexity index is 867. The van der Waals surface area contributed by atoms with Crippen LogP contribution in [0, 0.1) is 0 Å². The van der Waals surface area contributed by atoms with Gasteiger partial charge in [0, 0.05) is 5.56 Å². The Balaban J connectivity index is 1.79. The van der Waals surface area contributed by atoms with Crippen molar-refractivity contribution in [3.63, 3.8) is 0 Å². The first-order valence-corrected chi connectivity index (χ1v) is 7.24. The average Bonchev–Trinajstić information content (AvgIpc) is 2.61. The zero-order valence-corrected chi connectivity index (χ0v) is 12.7. The van der Waals surface area contributed by atoms with E-state index in [2.05, 4.69) is 10.5 Å². The van der Waals surface area contributed by atoms with Crippen molar-refractivity contribution < 1.29 is 9.53 Å². The summed E-state index contributed by atoms with van der Waals surface area (Å²) in [7, 11) is 1.53. The number of fused-ring (bicyclic) bond motifs is 1. The molecule has 1 N–H and O–H groups in total. The fraction of sp³-hybridized carbons (Fsp3) is 0.0526. The van der Waals surface area contributed by atoms with Crippen LogP contribution in [0.1, 0.15) is 15.9 Å². The quantitative estimate of drug-likeness (QED) is 0.591. The third-order valence-corrected chi connectivity index (χ3v) is 3.54. The Morgan fingerprint density at radius 3 is 2.61 bits per heavy atom. The fourth-order valence-electron chi connectivity index (χ4n) is 2.42. The summed E-state index contributed by atoms with van der Waals surface area (Å²) in [6.45, 7) is 0. The van der Waals surface area contributed by atoms with Gasteiger partial charge in [0.25, 0.3) is 5.91 Å². The fourth-order valence-corrected chi connectivity index (χ4v) is 2.42. The molecule has 0 aliphatic rings. The SMILES string of the molecule is COc1ccccc1C(=O)N/N=C\c1cccc2ccccc12. The number of hydrogen-bond acceptors (Lipinski definition) is 3. The van der Waals surface area contributed by atoms with Crippen LogP contribution in [0.5, 0.6) is 5.75 Å². The zero-order valence-electron chi connectivity index (χ0n) is 12.7. The van der Waals surface area contributed by atoms with Gasteiger partial charge in [0.05, 0.1) is 18.9 Å². The van der Waals surface area contributed by atoms with Crippen LogP contribution in [0.15, 0.2) is 71.8 Å². The van der Waals surface area contributed by atoms with Crippen molar-refractivity contribution in [3.8, 4) is 5.75 Å². The second kappa shape index (κ2) is 6.75. The highest BCUT2D eigenvalue weighted by Gasteiger charge is 2.10. The summed E-state index contributed by atoms with van der Waals surface area (Å²) in [5.41, 5.74) is 3.93. The van der Waals surface area contributed by atoms with Crippen LogP contribution in [0.25, 0.3) is 10.8 Å². The Hall–Kier alpha value is -3.14. The summed E-state index contributed by atoms with van der Waals surface area (Å²) in [6.07, 6.45) is 1.65. The number of nitrogens with zero attached hydrogens (tertiary/aromatic N) is 1. The molecule has 4 nitrogen and oxygen atoms in total. The van der Waals surface area contributed by atoms with Crippen LogP contribution in [0.3, 0.4) is 0 Å². The maximum atomic E-state index is 12.2. The van der Waals surface area contributed by atoms with Crippen molar-refractivity contribution in [3.05, 3.63) is 77.9 Å². The van der Waals surface area contributed by atoms with Gasteiger partial charge in [-0.1, -0.05) is 54.6 Å². The van der Waals surface area contributed by atoms with Gasteiger partial charge >= 0.3 is 0 Å². The standard InChI is InChI=1S/C19H16N2O2/c1-23-18-12-5-4-11-17(18)19(22)21-20-13-15-9-6-8-14-7-2-3-10-16(14)15/h2-13H,1H3,(H,21,22)/b20-13-. The molecule has 0 atom stereocenters.